The molecule has 0 spiro atoms. The van der Waals surface area contributed by atoms with E-state index < -0.39 is 90.0 Å². The van der Waals surface area contributed by atoms with E-state index in [2.05, 4.69) is 0 Å². The second-order valence-electron chi connectivity index (χ2n) is 12.1. The number of ether oxygens (including phenoxy) is 5. The molecule has 7 aliphatic rings. The van der Waals surface area contributed by atoms with Crippen molar-refractivity contribution in [3.05, 3.63) is 24.2 Å². The van der Waals surface area contributed by atoms with Gasteiger partial charge in [0.15, 0.2) is 6.29 Å². The van der Waals surface area contributed by atoms with Gasteiger partial charge in [0.05, 0.1) is 25.1 Å². The molecule has 0 unspecified atom stereocenters. The van der Waals surface area contributed by atoms with Crippen LogP contribution in [-0.2, 0) is 33.3 Å². The lowest BCUT2D eigenvalue weighted by Gasteiger charge is -2.67. The van der Waals surface area contributed by atoms with Gasteiger partial charge in [-0.05, 0) is 30.7 Å². The van der Waals surface area contributed by atoms with Crippen LogP contribution in [0.2, 0.25) is 0 Å². The summed E-state index contributed by atoms with van der Waals surface area (Å²) < 4.78 is 35.1. The third-order valence-corrected chi connectivity index (χ3v) is 10.4. The first-order valence-corrected chi connectivity index (χ1v) is 13.1. The van der Waals surface area contributed by atoms with Crippen LogP contribution in [0.5, 0.6) is 0 Å². The molecule has 2 saturated carbocycles. The van der Waals surface area contributed by atoms with Crippen molar-refractivity contribution >= 4 is 11.9 Å². The van der Waals surface area contributed by atoms with Gasteiger partial charge in [-0.1, -0.05) is 13.8 Å². The summed E-state index contributed by atoms with van der Waals surface area (Å²) >= 11 is 0. The molecule has 2 bridgehead atoms. The lowest BCUT2D eigenvalue weighted by molar-refractivity contribution is -0.365. The second-order valence-corrected chi connectivity index (χ2v) is 12.1. The maximum Gasteiger partial charge on any atom is 0.342 e. The Bertz CT molecular complexity index is 1140. The molecule has 0 amide bonds. The number of hydrogen-bond donors (Lipinski definition) is 4. The van der Waals surface area contributed by atoms with E-state index in [4.69, 9.17) is 28.1 Å². The monoisotopic (exact) mass is 536 g/mol. The van der Waals surface area contributed by atoms with Crippen LogP contribution in [0.3, 0.4) is 0 Å². The molecule has 0 radical (unpaired) electrons. The normalized spacial score (nSPS) is 54.8. The third-order valence-electron chi connectivity index (χ3n) is 10.4. The summed E-state index contributed by atoms with van der Waals surface area (Å²) in [6.45, 7) is 3.33. The van der Waals surface area contributed by atoms with E-state index >= 15 is 0 Å². The average Bonchev–Trinajstić information content (AvgIpc) is 3.51. The Hall–Kier alpha value is -2.06. The van der Waals surface area contributed by atoms with E-state index in [0.717, 1.165) is 5.56 Å². The van der Waals surface area contributed by atoms with Crippen LogP contribution in [0.15, 0.2) is 23.0 Å². The predicted molar refractivity (Wildman–Crippen MR) is 121 cm³/mol. The highest BCUT2D eigenvalue weighted by atomic mass is 16.8. The van der Waals surface area contributed by atoms with Gasteiger partial charge in [-0.2, -0.15) is 0 Å². The second kappa shape index (κ2) is 8.00. The number of cyclic esters (lactones) is 1. The fourth-order valence-electron chi connectivity index (χ4n) is 8.50. The highest BCUT2D eigenvalue weighted by Gasteiger charge is 2.86. The van der Waals surface area contributed by atoms with Crippen LogP contribution in [0.1, 0.15) is 44.8 Å². The van der Waals surface area contributed by atoms with Crippen molar-refractivity contribution in [2.45, 2.75) is 93.8 Å². The predicted octanol–water partition coefficient (Wildman–Crippen LogP) is -0.432. The molecule has 4 N–H and O–H groups in total. The van der Waals surface area contributed by atoms with Gasteiger partial charge < -0.3 is 48.5 Å². The maximum atomic E-state index is 13.7. The van der Waals surface area contributed by atoms with Crippen LogP contribution in [0, 0.1) is 22.7 Å². The standard InChI is InChI=1S/C26H32O12/c1-24-7-12(10-4-6-33-9-10)34-21(31)11(24)3-5-25(2)19(24)17-18-20(36-18)26(25,23(32)37-17)38-22-16(30)15(29)14(28)13(8-27)35-22/h4,6,9,11-20,22,27-30H,3,5,7-8H2,1-2H3/t11-,12+,13+,14+,15+,16+,17-,18-,19-,20-,22-,24+,25+,26+/m0/s1. The number of aliphatic hydroxyl groups is 4. The Kier molecular flexibility index (Phi) is 5.25. The minimum Gasteiger partial charge on any atom is -0.472 e. The summed E-state index contributed by atoms with van der Waals surface area (Å²) in [5.74, 6) is -1.74. The van der Waals surface area contributed by atoms with Gasteiger partial charge in [0.1, 0.15) is 48.8 Å². The van der Waals surface area contributed by atoms with Crippen molar-refractivity contribution in [1.82, 2.24) is 0 Å². The molecular formula is C26H32O12. The van der Waals surface area contributed by atoms with Crippen LogP contribution >= 0.6 is 0 Å². The van der Waals surface area contributed by atoms with Crippen molar-refractivity contribution < 1.29 is 58.1 Å². The van der Waals surface area contributed by atoms with Gasteiger partial charge in [0, 0.05) is 16.9 Å². The Morgan fingerprint density at radius 3 is 2.55 bits per heavy atom. The van der Waals surface area contributed by atoms with E-state index in [9.17, 15) is 30.0 Å². The van der Waals surface area contributed by atoms with Crippen molar-refractivity contribution in [3.8, 4) is 0 Å². The van der Waals surface area contributed by atoms with Gasteiger partial charge in [0.25, 0.3) is 0 Å². The van der Waals surface area contributed by atoms with E-state index in [-0.39, 0.29) is 11.9 Å². The zero-order valence-corrected chi connectivity index (χ0v) is 21.0. The fourth-order valence-corrected chi connectivity index (χ4v) is 8.50. The van der Waals surface area contributed by atoms with Crippen LogP contribution in [0.4, 0.5) is 0 Å². The lowest BCUT2D eigenvalue weighted by atomic mass is 9.41. The number of epoxide rings is 1. The number of carbonyl (C=O) groups excluding carboxylic acids is 2. The Morgan fingerprint density at radius 2 is 1.84 bits per heavy atom. The van der Waals surface area contributed by atoms with Crippen molar-refractivity contribution in [2.24, 2.45) is 22.7 Å². The van der Waals surface area contributed by atoms with Gasteiger partial charge in [-0.3, -0.25) is 4.79 Å². The number of aliphatic hydroxyl groups excluding tert-OH is 4. The van der Waals surface area contributed by atoms with Gasteiger partial charge >= 0.3 is 11.9 Å². The smallest absolute Gasteiger partial charge is 0.342 e. The highest BCUT2D eigenvalue weighted by molar-refractivity contribution is 5.86. The molecule has 12 nitrogen and oxygen atoms in total. The largest absolute Gasteiger partial charge is 0.472 e. The van der Waals surface area contributed by atoms with Crippen LogP contribution < -0.4 is 0 Å². The zero-order valence-electron chi connectivity index (χ0n) is 21.0. The Balaban J connectivity index is 1.29. The number of furan rings is 1. The molecule has 2 aliphatic carbocycles. The molecule has 5 saturated heterocycles. The summed E-state index contributed by atoms with van der Waals surface area (Å²) in [5, 5.41) is 41.0. The summed E-state index contributed by atoms with van der Waals surface area (Å²) in [6.07, 6.45) is -5.53. The molecule has 208 valence electrons. The molecule has 12 heteroatoms. The molecule has 7 fully saturated rings. The van der Waals surface area contributed by atoms with E-state index in [1.807, 2.05) is 13.8 Å². The molecule has 1 aromatic heterocycles. The minimum absolute atomic E-state index is 0.308. The lowest BCUT2D eigenvalue weighted by Crippen LogP contribution is -2.79. The van der Waals surface area contributed by atoms with Crippen molar-refractivity contribution in [3.63, 3.8) is 0 Å². The van der Waals surface area contributed by atoms with E-state index in [1.165, 1.54) is 6.26 Å². The molecule has 1 aromatic rings. The van der Waals surface area contributed by atoms with E-state index in [0.29, 0.717) is 19.3 Å². The number of esters is 2. The highest BCUT2D eigenvalue weighted by Crippen LogP contribution is 2.73. The first-order valence-electron chi connectivity index (χ1n) is 13.1. The molecular weight excluding hydrogens is 504 g/mol. The van der Waals surface area contributed by atoms with Crippen molar-refractivity contribution in [1.29, 1.82) is 0 Å². The van der Waals surface area contributed by atoms with Crippen molar-refractivity contribution in [2.75, 3.05) is 6.61 Å². The molecule has 38 heavy (non-hydrogen) atoms. The molecule has 5 aliphatic heterocycles. The fraction of sp³-hybridized carbons (Fsp3) is 0.769. The summed E-state index contributed by atoms with van der Waals surface area (Å²) in [5.41, 5.74) is -2.51. The number of fused-ring (bicyclic) bond motifs is 2. The zero-order chi connectivity index (χ0) is 26.8. The molecule has 6 heterocycles. The molecule has 8 rings (SSSR count). The number of hydrogen-bond acceptors (Lipinski definition) is 12. The number of carbonyl (C=O) groups is 2. The first kappa shape index (κ1) is 24.9. The number of rotatable bonds is 4. The Morgan fingerprint density at radius 1 is 1.05 bits per heavy atom. The maximum absolute atomic E-state index is 13.7. The van der Waals surface area contributed by atoms with Gasteiger partial charge in [-0.15, -0.1) is 0 Å². The SMILES string of the molecule is C[C@@]12C[C@H](c3ccoc3)OC(=O)[C@@H]1CC[C@]1(C)[C@H]2[C@H]2OC(=O)[C@]1(O[C@@H]1O[C@H](CO)[C@@H](O)[C@@H](O)[C@H]1O)[C@H]1O[C@@H]21. The van der Waals surface area contributed by atoms with Crippen LogP contribution in [0.25, 0.3) is 0 Å². The summed E-state index contributed by atoms with van der Waals surface area (Å²) in [4.78, 5) is 27.0. The van der Waals surface area contributed by atoms with E-state index in [1.54, 1.807) is 12.3 Å². The Labute approximate surface area is 217 Å². The average molecular weight is 537 g/mol. The molecule has 0 aromatic carbocycles. The first-order chi connectivity index (χ1) is 18.1. The summed E-state index contributed by atoms with van der Waals surface area (Å²) in [7, 11) is 0. The molecule has 14 atom stereocenters. The third kappa shape index (κ3) is 2.94. The minimum atomic E-state index is -1.70. The summed E-state index contributed by atoms with van der Waals surface area (Å²) in [6, 6.07) is 1.76. The van der Waals surface area contributed by atoms with Crippen LogP contribution in [-0.4, -0.2) is 93.6 Å². The van der Waals surface area contributed by atoms with Gasteiger partial charge in [-0.25, -0.2) is 4.79 Å². The van der Waals surface area contributed by atoms with Gasteiger partial charge in [0.2, 0.25) is 5.60 Å². The quantitative estimate of drug-likeness (QED) is 0.289. The topological polar surface area (TPSA) is 178 Å².